The first-order valence-corrected chi connectivity index (χ1v) is 16.8. The molecule has 39 heavy (non-hydrogen) atoms. The molecule has 2 aliphatic heterocycles. The van der Waals surface area contributed by atoms with Gasteiger partial charge < -0.3 is 43.4 Å². The number of benzene rings is 2. The molecule has 0 unspecified atom stereocenters. The summed E-state index contributed by atoms with van der Waals surface area (Å²) in [6.45, 7) is 20.0. The van der Waals surface area contributed by atoms with E-state index in [2.05, 4.69) is 83.6 Å². The standard InChI is InChI=1S/2C12H18N.2C4H8O.2BrH.Zr/c2*1-4-5-9-13-12-8-6-7-10(2)11(12)3;2*1-2-4-5-3-1;;;/h2*6-8H,4-5,9H2,1-3H3;2*1-4H2;2*1H;/q2*-1;;;;;+4/p-2. The van der Waals surface area contributed by atoms with E-state index in [1.54, 1.807) is 0 Å². The quantitative estimate of drug-likeness (QED) is 0.373. The summed E-state index contributed by atoms with van der Waals surface area (Å²) in [5.41, 5.74) is 8.63. The number of unbranched alkanes of at least 4 members (excludes halogenated alkanes) is 2. The fourth-order valence-corrected chi connectivity index (χ4v) is 8.01. The molecule has 0 aromatic heterocycles. The zero-order chi connectivity index (χ0) is 26.9. The molecule has 0 radical (unpaired) electrons. The van der Waals surface area contributed by atoms with Gasteiger partial charge in [0.05, 0.1) is 0 Å². The van der Waals surface area contributed by atoms with E-state index in [0.717, 1.165) is 26.4 Å². The monoisotopic (exact) mass is 744 g/mol. The molecule has 7 heteroatoms. The van der Waals surface area contributed by atoms with Crippen molar-refractivity contribution in [2.75, 3.05) is 45.2 Å². The number of nitrogens with zero attached hydrogens (tertiary/aromatic N) is 2. The normalized spacial score (nSPS) is 13.5. The summed E-state index contributed by atoms with van der Waals surface area (Å²) < 4.78 is 15.4. The van der Waals surface area contributed by atoms with Gasteiger partial charge in [-0.1, -0.05) is 0 Å². The first kappa shape index (κ1) is 38.8. The third kappa shape index (κ3) is 14.5. The minimum absolute atomic E-state index is 0. The minimum Gasteiger partial charge on any atom is -1.00 e. The summed E-state index contributed by atoms with van der Waals surface area (Å²) in [6.07, 6.45) is 10.1. The van der Waals surface area contributed by atoms with Gasteiger partial charge in [0, 0.05) is 26.4 Å². The van der Waals surface area contributed by atoms with Gasteiger partial charge in [0.1, 0.15) is 0 Å². The maximum Gasteiger partial charge on any atom is -1.00 e. The van der Waals surface area contributed by atoms with Crippen LogP contribution in [-0.2, 0) is 33.3 Å². The van der Waals surface area contributed by atoms with Gasteiger partial charge in [0.15, 0.2) is 0 Å². The smallest absolute Gasteiger partial charge is 1.00 e. The second kappa shape index (κ2) is 23.4. The van der Waals surface area contributed by atoms with Crippen molar-refractivity contribution in [1.82, 2.24) is 0 Å². The Labute approximate surface area is 273 Å². The Morgan fingerprint density at radius 1 is 0.615 bits per heavy atom. The van der Waals surface area contributed by atoms with Crippen molar-refractivity contribution < 1.29 is 67.3 Å². The summed E-state index contributed by atoms with van der Waals surface area (Å²) in [6, 6.07) is 13.6. The zero-order valence-electron chi connectivity index (χ0n) is 25.3. The molecule has 2 aromatic rings. The van der Waals surface area contributed by atoms with Gasteiger partial charge in [-0.3, -0.25) is 0 Å². The van der Waals surface area contributed by atoms with Crippen LogP contribution in [0.2, 0.25) is 0 Å². The maximum absolute atomic E-state index is 4.94. The number of rotatable bonds is 10. The second-order valence-corrected chi connectivity index (χ2v) is 13.3. The van der Waals surface area contributed by atoms with E-state index in [0.29, 0.717) is 0 Å². The molecule has 0 aliphatic carbocycles. The number of aryl methyl sites for hydroxylation is 2. The van der Waals surface area contributed by atoms with Gasteiger partial charge in [-0.25, -0.2) is 0 Å². The van der Waals surface area contributed by atoms with Gasteiger partial charge in [-0.2, -0.15) is 0 Å². The zero-order valence-corrected chi connectivity index (χ0v) is 31.0. The molecule has 2 saturated heterocycles. The summed E-state index contributed by atoms with van der Waals surface area (Å²) in [5, 5.41) is 0. The van der Waals surface area contributed by atoms with Crippen LogP contribution in [0.1, 0.15) is 87.5 Å². The van der Waals surface area contributed by atoms with E-state index in [4.69, 9.17) is 9.47 Å². The van der Waals surface area contributed by atoms with Gasteiger partial charge in [-0.15, -0.1) is 0 Å². The van der Waals surface area contributed by atoms with Crippen LogP contribution in [0.5, 0.6) is 0 Å². The van der Waals surface area contributed by atoms with Crippen molar-refractivity contribution in [3.63, 3.8) is 0 Å². The Balaban J connectivity index is 0.000000998. The van der Waals surface area contributed by atoms with E-state index in [1.807, 2.05) is 0 Å². The molecule has 4 nitrogen and oxygen atoms in total. The van der Waals surface area contributed by atoms with E-state index < -0.39 is 23.8 Å². The Hall–Kier alpha value is -0.197. The second-order valence-electron chi connectivity index (χ2n) is 10.2. The number of anilines is 2. The van der Waals surface area contributed by atoms with Crippen LogP contribution in [0.15, 0.2) is 36.4 Å². The molecule has 0 N–H and O–H groups in total. The predicted octanol–water partition coefficient (Wildman–Crippen LogP) is 2.35. The molecule has 2 aliphatic rings. The Morgan fingerprint density at radius 3 is 1.26 bits per heavy atom. The average molecular weight is 748 g/mol. The molecule has 2 heterocycles. The van der Waals surface area contributed by atoms with Crippen LogP contribution in [-0.4, -0.2) is 39.5 Å². The van der Waals surface area contributed by atoms with Crippen molar-refractivity contribution >= 4 is 11.4 Å². The van der Waals surface area contributed by atoms with Gasteiger partial charge in [0.2, 0.25) is 0 Å². The largest absolute Gasteiger partial charge is 1.00 e. The fourth-order valence-electron chi connectivity index (χ4n) is 4.30. The Morgan fingerprint density at radius 2 is 0.974 bits per heavy atom. The van der Waals surface area contributed by atoms with Crippen molar-refractivity contribution in [2.45, 2.75) is 92.9 Å². The van der Waals surface area contributed by atoms with Crippen LogP contribution < -0.4 is 39.7 Å². The summed E-state index contributed by atoms with van der Waals surface area (Å²) in [7, 11) is 0. The van der Waals surface area contributed by atoms with E-state index >= 15 is 0 Å². The van der Waals surface area contributed by atoms with Crippen LogP contribution in [0, 0.1) is 27.7 Å². The summed E-state index contributed by atoms with van der Waals surface area (Å²) >= 11 is -0.955. The third-order valence-corrected chi connectivity index (χ3v) is 10.6. The maximum atomic E-state index is 4.94. The number of hydrogen-bond acceptors (Lipinski definition) is 4. The molecule has 220 valence electrons. The number of hydrogen-bond donors (Lipinski definition) is 0. The molecular weight excluding hydrogens is 695 g/mol. The first-order valence-electron chi connectivity index (χ1n) is 14.6. The Bertz CT molecular complexity index is 806. The van der Waals surface area contributed by atoms with Crippen LogP contribution in [0.4, 0.5) is 11.4 Å². The first-order chi connectivity index (χ1) is 18.0. The minimum atomic E-state index is -0.955. The van der Waals surface area contributed by atoms with Crippen LogP contribution in [0.25, 0.3) is 0 Å². The van der Waals surface area contributed by atoms with Crippen molar-refractivity contribution in [1.29, 1.82) is 0 Å². The van der Waals surface area contributed by atoms with Crippen molar-refractivity contribution in [3.05, 3.63) is 58.7 Å². The SMILES string of the molecule is C1CCOC1.C1CCOC1.CCCC[N]([Zr+2][N](CCCC)c1cccc(C)c1C)c1cccc(C)c1C.[Br-].[Br-]. The van der Waals surface area contributed by atoms with E-state index in [9.17, 15) is 0 Å². The molecule has 0 spiro atoms. The van der Waals surface area contributed by atoms with Gasteiger partial charge in [0.25, 0.3) is 0 Å². The van der Waals surface area contributed by atoms with E-state index in [1.165, 1.54) is 98.1 Å². The molecule has 0 bridgehead atoms. The van der Waals surface area contributed by atoms with Gasteiger partial charge >= 0.3 is 180 Å². The van der Waals surface area contributed by atoms with Crippen molar-refractivity contribution in [2.24, 2.45) is 0 Å². The summed E-state index contributed by atoms with van der Waals surface area (Å²) in [4.78, 5) is 0. The number of ether oxygens (including phenoxy) is 2. The molecule has 2 fully saturated rings. The predicted molar refractivity (Wildman–Crippen MR) is 156 cm³/mol. The van der Waals surface area contributed by atoms with Crippen molar-refractivity contribution in [3.8, 4) is 0 Å². The summed E-state index contributed by atoms with van der Waals surface area (Å²) in [5.74, 6) is 0. The van der Waals surface area contributed by atoms with Gasteiger partial charge in [-0.05, 0) is 25.7 Å². The molecule has 0 atom stereocenters. The Kier molecular flexibility index (Phi) is 23.3. The topological polar surface area (TPSA) is 24.9 Å². The average Bonchev–Trinajstić information content (AvgIpc) is 3.67. The fraction of sp³-hybridized carbons (Fsp3) is 0.625. The number of halogens is 2. The molecule has 0 saturated carbocycles. The third-order valence-electron chi connectivity index (χ3n) is 7.10. The molecule has 0 amide bonds. The van der Waals surface area contributed by atoms with Crippen LogP contribution in [0.3, 0.4) is 0 Å². The molecule has 2 aromatic carbocycles. The molecular formula is C32H52Br2N2O2Zr. The molecule has 4 rings (SSSR count). The van der Waals surface area contributed by atoms with Crippen LogP contribution >= 0.6 is 0 Å². The van der Waals surface area contributed by atoms with E-state index in [-0.39, 0.29) is 34.0 Å².